The molecule has 0 radical (unpaired) electrons. The Morgan fingerprint density at radius 1 is 1.28 bits per heavy atom. The Bertz CT molecular complexity index is 712. The van der Waals surface area contributed by atoms with Gasteiger partial charge in [0.2, 0.25) is 15.9 Å². The summed E-state index contributed by atoms with van der Waals surface area (Å²) < 4.78 is 62.7. The maximum atomic E-state index is 12.5. The summed E-state index contributed by atoms with van der Waals surface area (Å²) in [6, 6.07) is 7.20. The second-order valence-electron chi connectivity index (χ2n) is 6.25. The predicted molar refractivity (Wildman–Crippen MR) is 87.2 cm³/mol. The van der Waals surface area contributed by atoms with Crippen molar-refractivity contribution in [2.24, 2.45) is 5.92 Å². The highest BCUT2D eigenvalue weighted by Crippen LogP contribution is 2.22. The largest absolute Gasteiger partial charge is 0.405 e. The summed E-state index contributed by atoms with van der Waals surface area (Å²) >= 11 is 0. The van der Waals surface area contributed by atoms with Gasteiger partial charge in [0.05, 0.1) is 5.75 Å². The molecule has 0 aliphatic carbocycles. The third kappa shape index (κ3) is 6.00. The van der Waals surface area contributed by atoms with Gasteiger partial charge < -0.3 is 5.32 Å². The van der Waals surface area contributed by atoms with Crippen molar-refractivity contribution in [2.75, 3.05) is 19.6 Å². The molecule has 1 aromatic rings. The average Bonchev–Trinajstić information content (AvgIpc) is 2.51. The minimum absolute atomic E-state index is 0.125. The van der Waals surface area contributed by atoms with Gasteiger partial charge in [-0.05, 0) is 25.3 Å². The molecule has 0 saturated carbocycles. The van der Waals surface area contributed by atoms with E-state index in [0.717, 1.165) is 5.56 Å². The van der Waals surface area contributed by atoms with Crippen LogP contribution in [0.25, 0.3) is 0 Å². The standard InChI is InChI=1S/C16H21F3N2O3S/c1-12-3-2-4-13(9-12)10-25(23,24)21-7-5-14(6-8-21)15(22)20-11-16(17,18)19/h2-4,9,14H,5-8,10-11H2,1H3,(H,20,22). The van der Waals surface area contributed by atoms with Gasteiger partial charge in [-0.25, -0.2) is 12.7 Å². The quantitative estimate of drug-likeness (QED) is 0.854. The SMILES string of the molecule is Cc1cccc(CS(=O)(=O)N2CCC(C(=O)NCC(F)(F)F)CC2)c1. The van der Waals surface area contributed by atoms with Crippen molar-refractivity contribution in [3.63, 3.8) is 0 Å². The molecule has 0 spiro atoms. The molecule has 0 unspecified atom stereocenters. The third-order valence-electron chi connectivity index (χ3n) is 4.11. The molecule has 140 valence electrons. The number of alkyl halides is 3. The molecule has 25 heavy (non-hydrogen) atoms. The molecular formula is C16H21F3N2O3S. The summed E-state index contributed by atoms with van der Waals surface area (Å²) in [5, 5.41) is 1.86. The van der Waals surface area contributed by atoms with E-state index in [1.54, 1.807) is 18.2 Å². The lowest BCUT2D eigenvalue weighted by Crippen LogP contribution is -2.44. The van der Waals surface area contributed by atoms with E-state index in [2.05, 4.69) is 0 Å². The van der Waals surface area contributed by atoms with Crippen LogP contribution < -0.4 is 5.32 Å². The first-order valence-electron chi connectivity index (χ1n) is 7.95. The number of benzene rings is 1. The zero-order chi connectivity index (χ0) is 18.7. The molecule has 0 aromatic heterocycles. The molecular weight excluding hydrogens is 357 g/mol. The predicted octanol–water partition coefficient (Wildman–Crippen LogP) is 2.22. The Morgan fingerprint density at radius 3 is 2.48 bits per heavy atom. The zero-order valence-corrected chi connectivity index (χ0v) is 14.7. The van der Waals surface area contributed by atoms with Crippen molar-refractivity contribution in [2.45, 2.75) is 31.7 Å². The molecule has 1 heterocycles. The minimum Gasteiger partial charge on any atom is -0.347 e. The van der Waals surface area contributed by atoms with Crippen LogP contribution in [0.1, 0.15) is 24.0 Å². The van der Waals surface area contributed by atoms with Crippen LogP contribution in [0.5, 0.6) is 0 Å². The summed E-state index contributed by atoms with van der Waals surface area (Å²) in [4.78, 5) is 11.8. The highest BCUT2D eigenvalue weighted by molar-refractivity contribution is 7.88. The van der Waals surface area contributed by atoms with Gasteiger partial charge in [-0.2, -0.15) is 13.2 Å². The molecule has 2 rings (SSSR count). The number of aryl methyl sites for hydroxylation is 1. The third-order valence-corrected chi connectivity index (χ3v) is 5.96. The lowest BCUT2D eigenvalue weighted by Gasteiger charge is -2.30. The first-order chi connectivity index (χ1) is 11.6. The fraction of sp³-hybridized carbons (Fsp3) is 0.562. The maximum absolute atomic E-state index is 12.5. The second kappa shape index (κ2) is 7.74. The molecule has 1 aliphatic heterocycles. The van der Waals surface area contributed by atoms with E-state index in [-0.39, 0.29) is 31.7 Å². The van der Waals surface area contributed by atoms with Crippen molar-refractivity contribution < 1.29 is 26.4 Å². The van der Waals surface area contributed by atoms with E-state index in [0.29, 0.717) is 5.56 Å². The normalized spacial score (nSPS) is 17.4. The first kappa shape index (κ1) is 19.7. The lowest BCUT2D eigenvalue weighted by molar-refractivity contribution is -0.141. The van der Waals surface area contributed by atoms with E-state index in [1.807, 2.05) is 18.3 Å². The number of carbonyl (C=O) groups is 1. The molecule has 1 aromatic carbocycles. The van der Waals surface area contributed by atoms with Crippen LogP contribution in [0.3, 0.4) is 0 Å². The van der Waals surface area contributed by atoms with Gasteiger partial charge in [0, 0.05) is 19.0 Å². The van der Waals surface area contributed by atoms with E-state index >= 15 is 0 Å². The molecule has 1 saturated heterocycles. The van der Waals surface area contributed by atoms with Crippen molar-refractivity contribution in [1.29, 1.82) is 0 Å². The highest BCUT2D eigenvalue weighted by atomic mass is 32.2. The Balaban J connectivity index is 1.89. The van der Waals surface area contributed by atoms with Crippen LogP contribution in [0.2, 0.25) is 0 Å². The minimum atomic E-state index is -4.45. The van der Waals surface area contributed by atoms with E-state index in [9.17, 15) is 26.4 Å². The summed E-state index contributed by atoms with van der Waals surface area (Å²) in [5.41, 5.74) is 1.65. The Morgan fingerprint density at radius 2 is 1.92 bits per heavy atom. The Hall–Kier alpha value is -1.61. The van der Waals surface area contributed by atoms with Crippen LogP contribution in [0.4, 0.5) is 13.2 Å². The molecule has 5 nitrogen and oxygen atoms in total. The number of nitrogens with one attached hydrogen (secondary N) is 1. The topological polar surface area (TPSA) is 66.5 Å². The zero-order valence-electron chi connectivity index (χ0n) is 13.8. The van der Waals surface area contributed by atoms with Crippen LogP contribution in [-0.4, -0.2) is 44.4 Å². The number of hydrogen-bond donors (Lipinski definition) is 1. The van der Waals surface area contributed by atoms with E-state index in [1.165, 1.54) is 4.31 Å². The summed E-state index contributed by atoms with van der Waals surface area (Å²) in [6.45, 7) is 0.787. The van der Waals surface area contributed by atoms with Gasteiger partial charge in [0.1, 0.15) is 6.54 Å². The number of nitrogens with zero attached hydrogens (tertiary/aromatic N) is 1. The van der Waals surface area contributed by atoms with Crippen molar-refractivity contribution in [1.82, 2.24) is 9.62 Å². The number of sulfonamides is 1. The Labute approximate surface area is 145 Å². The second-order valence-corrected chi connectivity index (χ2v) is 8.22. The van der Waals surface area contributed by atoms with Crippen molar-refractivity contribution >= 4 is 15.9 Å². The van der Waals surface area contributed by atoms with Gasteiger partial charge in [-0.1, -0.05) is 29.8 Å². The molecule has 9 heteroatoms. The number of rotatable bonds is 5. The fourth-order valence-electron chi connectivity index (χ4n) is 2.83. The smallest absolute Gasteiger partial charge is 0.347 e. The first-order valence-corrected chi connectivity index (χ1v) is 9.55. The van der Waals surface area contributed by atoms with Crippen LogP contribution in [0, 0.1) is 12.8 Å². The number of carbonyl (C=O) groups excluding carboxylic acids is 1. The summed E-state index contributed by atoms with van der Waals surface area (Å²) in [7, 11) is -3.52. The average molecular weight is 378 g/mol. The Kier molecular flexibility index (Phi) is 6.10. The van der Waals surface area contributed by atoms with E-state index in [4.69, 9.17) is 0 Å². The molecule has 1 N–H and O–H groups in total. The maximum Gasteiger partial charge on any atom is 0.405 e. The van der Waals surface area contributed by atoms with Gasteiger partial charge >= 0.3 is 6.18 Å². The van der Waals surface area contributed by atoms with Crippen molar-refractivity contribution in [3.05, 3.63) is 35.4 Å². The van der Waals surface area contributed by atoms with Gasteiger partial charge in [0.15, 0.2) is 0 Å². The van der Waals surface area contributed by atoms with Gasteiger partial charge in [-0.3, -0.25) is 4.79 Å². The molecule has 1 amide bonds. The van der Waals surface area contributed by atoms with Crippen molar-refractivity contribution in [3.8, 4) is 0 Å². The molecule has 1 fully saturated rings. The molecule has 0 bridgehead atoms. The van der Waals surface area contributed by atoms with Gasteiger partial charge in [-0.15, -0.1) is 0 Å². The number of piperidine rings is 1. The number of amides is 1. The number of halogens is 3. The number of hydrogen-bond acceptors (Lipinski definition) is 3. The summed E-state index contributed by atoms with van der Waals surface area (Å²) in [5.74, 6) is -1.39. The van der Waals surface area contributed by atoms with Gasteiger partial charge in [0.25, 0.3) is 0 Å². The summed E-state index contributed by atoms with van der Waals surface area (Å²) in [6.07, 6.45) is -4.01. The van der Waals surface area contributed by atoms with Crippen LogP contribution >= 0.6 is 0 Å². The monoisotopic (exact) mass is 378 g/mol. The lowest BCUT2D eigenvalue weighted by atomic mass is 9.97. The molecule has 0 atom stereocenters. The fourth-order valence-corrected chi connectivity index (χ4v) is 4.38. The van der Waals surface area contributed by atoms with Crippen LogP contribution in [0.15, 0.2) is 24.3 Å². The van der Waals surface area contributed by atoms with Crippen LogP contribution in [-0.2, 0) is 20.6 Å². The highest BCUT2D eigenvalue weighted by Gasteiger charge is 2.33. The van der Waals surface area contributed by atoms with E-state index < -0.39 is 34.6 Å². The molecule has 1 aliphatic rings.